The first-order chi connectivity index (χ1) is 12.0. The summed E-state index contributed by atoms with van der Waals surface area (Å²) in [5.74, 6) is 1.13. The number of nitrogens with zero attached hydrogens (tertiary/aromatic N) is 3. The third-order valence-corrected chi connectivity index (χ3v) is 4.95. The molecule has 7 nitrogen and oxygen atoms in total. The summed E-state index contributed by atoms with van der Waals surface area (Å²) in [6.07, 6.45) is 0. The standard InChI is InChI=1S/C16H14N4O3S2/c1-9(21)12-7-25-16(18-12)19-15(22)11-5-3-4-6-13(11)24-8-14-17-10(2)20-23-14/h3-7H,8H2,1-2H3,(H,18,19,22). The van der Waals surface area contributed by atoms with Crippen LogP contribution in [0.25, 0.3) is 0 Å². The summed E-state index contributed by atoms with van der Waals surface area (Å²) in [5.41, 5.74) is 0.859. The van der Waals surface area contributed by atoms with Crippen molar-refractivity contribution < 1.29 is 14.1 Å². The van der Waals surface area contributed by atoms with Crippen LogP contribution in [-0.4, -0.2) is 26.8 Å². The molecule has 0 atom stereocenters. The van der Waals surface area contributed by atoms with Crippen LogP contribution >= 0.6 is 23.1 Å². The van der Waals surface area contributed by atoms with E-state index in [-0.39, 0.29) is 11.7 Å². The molecule has 9 heteroatoms. The van der Waals surface area contributed by atoms with Gasteiger partial charge in [0.05, 0.1) is 11.3 Å². The van der Waals surface area contributed by atoms with Crippen molar-refractivity contribution in [1.82, 2.24) is 15.1 Å². The maximum Gasteiger partial charge on any atom is 0.258 e. The predicted octanol–water partition coefficient (Wildman–Crippen LogP) is 3.58. The summed E-state index contributed by atoms with van der Waals surface area (Å²) in [5, 5.41) is 8.49. The van der Waals surface area contributed by atoms with E-state index in [0.717, 1.165) is 4.90 Å². The molecule has 3 aromatic rings. The Labute approximate surface area is 151 Å². The SMILES string of the molecule is CC(=O)c1csc(NC(=O)c2ccccc2SCc2nc(C)no2)n1. The Hall–Kier alpha value is -2.52. The number of hydrogen-bond acceptors (Lipinski definition) is 8. The number of aryl methyl sites for hydroxylation is 1. The normalized spacial score (nSPS) is 10.6. The van der Waals surface area contributed by atoms with E-state index in [2.05, 4.69) is 20.4 Å². The van der Waals surface area contributed by atoms with Gasteiger partial charge in [-0.2, -0.15) is 4.98 Å². The molecule has 1 N–H and O–H groups in total. The van der Waals surface area contributed by atoms with Crippen LogP contribution < -0.4 is 5.32 Å². The maximum atomic E-state index is 12.5. The van der Waals surface area contributed by atoms with Gasteiger partial charge in [0.1, 0.15) is 5.69 Å². The zero-order chi connectivity index (χ0) is 17.8. The summed E-state index contributed by atoms with van der Waals surface area (Å²) in [4.78, 5) is 32.9. The van der Waals surface area contributed by atoms with Crippen molar-refractivity contribution in [1.29, 1.82) is 0 Å². The number of amides is 1. The molecule has 25 heavy (non-hydrogen) atoms. The zero-order valence-corrected chi connectivity index (χ0v) is 15.1. The van der Waals surface area contributed by atoms with Crippen LogP contribution in [0.5, 0.6) is 0 Å². The number of anilines is 1. The van der Waals surface area contributed by atoms with Crippen molar-refractivity contribution >= 4 is 39.9 Å². The molecule has 0 unspecified atom stereocenters. The molecule has 0 saturated carbocycles. The molecule has 0 spiro atoms. The van der Waals surface area contributed by atoms with Crippen LogP contribution in [0.2, 0.25) is 0 Å². The Morgan fingerprint density at radius 2 is 2.08 bits per heavy atom. The minimum Gasteiger partial charge on any atom is -0.338 e. The molecule has 0 aliphatic heterocycles. The number of thioether (sulfide) groups is 1. The Bertz CT molecular complexity index is 920. The van der Waals surface area contributed by atoms with Gasteiger partial charge in [0, 0.05) is 17.2 Å². The zero-order valence-electron chi connectivity index (χ0n) is 13.5. The number of benzene rings is 1. The van der Waals surface area contributed by atoms with Gasteiger partial charge in [-0.3, -0.25) is 14.9 Å². The molecule has 128 valence electrons. The lowest BCUT2D eigenvalue weighted by Crippen LogP contribution is -2.13. The number of rotatable bonds is 6. The molecule has 1 amide bonds. The fourth-order valence-corrected chi connectivity index (χ4v) is 3.61. The van der Waals surface area contributed by atoms with Gasteiger partial charge in [-0.05, 0) is 19.1 Å². The Morgan fingerprint density at radius 1 is 1.28 bits per heavy atom. The topological polar surface area (TPSA) is 98.0 Å². The highest BCUT2D eigenvalue weighted by Gasteiger charge is 2.15. The van der Waals surface area contributed by atoms with Crippen LogP contribution in [0.15, 0.2) is 39.1 Å². The number of nitrogens with one attached hydrogen (secondary N) is 1. The van der Waals surface area contributed by atoms with Crippen LogP contribution in [0, 0.1) is 6.92 Å². The van der Waals surface area contributed by atoms with E-state index in [0.29, 0.717) is 33.9 Å². The first-order valence-electron chi connectivity index (χ1n) is 7.32. The number of carbonyl (C=O) groups excluding carboxylic acids is 2. The van der Waals surface area contributed by atoms with E-state index in [1.807, 2.05) is 12.1 Å². The molecule has 0 saturated heterocycles. The molecule has 0 fully saturated rings. The van der Waals surface area contributed by atoms with Crippen LogP contribution in [0.1, 0.15) is 39.5 Å². The number of carbonyl (C=O) groups is 2. The highest BCUT2D eigenvalue weighted by Crippen LogP contribution is 2.27. The fraction of sp³-hybridized carbons (Fsp3) is 0.188. The first-order valence-corrected chi connectivity index (χ1v) is 9.18. The number of hydrogen-bond donors (Lipinski definition) is 1. The molecule has 3 rings (SSSR count). The first kappa shape index (κ1) is 17.3. The summed E-state index contributed by atoms with van der Waals surface area (Å²) < 4.78 is 5.08. The van der Waals surface area contributed by atoms with Crippen molar-refractivity contribution in [3.8, 4) is 0 Å². The lowest BCUT2D eigenvalue weighted by Gasteiger charge is -2.07. The van der Waals surface area contributed by atoms with E-state index in [4.69, 9.17) is 4.52 Å². The third-order valence-electron chi connectivity index (χ3n) is 3.14. The average Bonchev–Trinajstić information content (AvgIpc) is 3.22. The van der Waals surface area contributed by atoms with Crippen molar-refractivity contribution in [2.75, 3.05) is 5.32 Å². The molecule has 0 aliphatic carbocycles. The van der Waals surface area contributed by atoms with Gasteiger partial charge in [-0.25, -0.2) is 4.98 Å². The van der Waals surface area contributed by atoms with Gasteiger partial charge in [0.25, 0.3) is 5.91 Å². The van der Waals surface area contributed by atoms with E-state index in [1.165, 1.54) is 30.0 Å². The van der Waals surface area contributed by atoms with E-state index < -0.39 is 0 Å². The summed E-state index contributed by atoms with van der Waals surface area (Å²) in [7, 11) is 0. The second-order valence-corrected chi connectivity index (χ2v) is 6.94. The van der Waals surface area contributed by atoms with Gasteiger partial charge in [0.15, 0.2) is 16.7 Å². The molecule has 2 aromatic heterocycles. The van der Waals surface area contributed by atoms with E-state index >= 15 is 0 Å². The number of ketones is 1. The minimum absolute atomic E-state index is 0.137. The van der Waals surface area contributed by atoms with Gasteiger partial charge in [-0.15, -0.1) is 23.1 Å². The van der Waals surface area contributed by atoms with Crippen molar-refractivity contribution in [2.24, 2.45) is 0 Å². The quantitative estimate of drug-likeness (QED) is 0.520. The largest absolute Gasteiger partial charge is 0.338 e. The molecular formula is C16H14N4O3S2. The van der Waals surface area contributed by atoms with Crippen LogP contribution in [-0.2, 0) is 5.75 Å². The summed E-state index contributed by atoms with van der Waals surface area (Å²) in [6.45, 7) is 3.19. The fourth-order valence-electron chi connectivity index (χ4n) is 1.98. The minimum atomic E-state index is -0.283. The highest BCUT2D eigenvalue weighted by molar-refractivity contribution is 7.98. The van der Waals surface area contributed by atoms with E-state index in [1.54, 1.807) is 24.4 Å². The Morgan fingerprint density at radius 3 is 2.76 bits per heavy atom. The molecule has 0 bridgehead atoms. The lowest BCUT2D eigenvalue weighted by molar-refractivity contribution is 0.100. The van der Waals surface area contributed by atoms with Crippen molar-refractivity contribution in [3.05, 3.63) is 52.6 Å². The third kappa shape index (κ3) is 4.31. The van der Waals surface area contributed by atoms with Crippen LogP contribution in [0.4, 0.5) is 5.13 Å². The van der Waals surface area contributed by atoms with Gasteiger partial charge >= 0.3 is 0 Å². The highest BCUT2D eigenvalue weighted by atomic mass is 32.2. The number of Topliss-reactive ketones (excluding diaryl/α,β-unsaturated/α-hetero) is 1. The second kappa shape index (κ2) is 7.58. The maximum absolute atomic E-state index is 12.5. The number of thiazole rings is 1. The second-order valence-electron chi connectivity index (χ2n) is 5.07. The summed E-state index contributed by atoms with van der Waals surface area (Å²) >= 11 is 2.65. The smallest absolute Gasteiger partial charge is 0.258 e. The monoisotopic (exact) mass is 374 g/mol. The van der Waals surface area contributed by atoms with Gasteiger partial charge in [0.2, 0.25) is 5.89 Å². The van der Waals surface area contributed by atoms with Crippen LogP contribution in [0.3, 0.4) is 0 Å². The van der Waals surface area contributed by atoms with E-state index in [9.17, 15) is 9.59 Å². The van der Waals surface area contributed by atoms with Gasteiger partial charge in [-0.1, -0.05) is 17.3 Å². The molecule has 0 radical (unpaired) electrons. The molecule has 1 aromatic carbocycles. The Balaban J connectivity index is 1.72. The predicted molar refractivity (Wildman–Crippen MR) is 95.1 cm³/mol. The molecule has 2 heterocycles. The van der Waals surface area contributed by atoms with Crippen molar-refractivity contribution in [2.45, 2.75) is 24.5 Å². The Kier molecular flexibility index (Phi) is 5.25. The van der Waals surface area contributed by atoms with Crippen molar-refractivity contribution in [3.63, 3.8) is 0 Å². The lowest BCUT2D eigenvalue weighted by atomic mass is 10.2. The number of aromatic nitrogens is 3. The molecular weight excluding hydrogens is 360 g/mol. The molecule has 0 aliphatic rings. The summed E-state index contributed by atoms with van der Waals surface area (Å²) in [6, 6.07) is 7.23. The average molecular weight is 374 g/mol. The van der Waals surface area contributed by atoms with Gasteiger partial charge < -0.3 is 4.52 Å².